The second-order valence-corrected chi connectivity index (χ2v) is 20.8. The maximum Gasteiger partial charge on any atom is 0.333 e. The molecule has 7 fully saturated rings. The number of aryl methyl sites for hydroxylation is 1. The molecular formula is C52H51BN2O. The van der Waals surface area contributed by atoms with Crippen LogP contribution in [-0.4, -0.2) is 11.4 Å². The summed E-state index contributed by atoms with van der Waals surface area (Å²) in [6.45, 7) is 7.48. The average Bonchev–Trinajstić information content (AvgIpc) is 3.33. The number of para-hydroxylation sites is 3. The number of nitrogens with zero attached hydrogens (tertiary/aromatic N) is 2. The van der Waals surface area contributed by atoms with Crippen molar-refractivity contribution in [1.29, 1.82) is 0 Å². The molecule has 0 amide bonds. The van der Waals surface area contributed by atoms with Crippen molar-refractivity contribution in [3.63, 3.8) is 0 Å². The van der Waals surface area contributed by atoms with E-state index in [4.69, 9.17) is 4.74 Å². The average molecular weight is 731 g/mol. The summed E-state index contributed by atoms with van der Waals surface area (Å²) in [4.78, 5) is 2.70. The highest BCUT2D eigenvalue weighted by Crippen LogP contribution is 2.62. The van der Waals surface area contributed by atoms with Crippen LogP contribution >= 0.6 is 0 Å². The van der Waals surface area contributed by atoms with E-state index in [-0.39, 0.29) is 12.3 Å². The molecule has 56 heavy (non-hydrogen) atoms. The molecule has 10 aliphatic rings. The zero-order valence-electron chi connectivity index (χ0n) is 33.2. The highest BCUT2D eigenvalue weighted by atomic mass is 16.5. The summed E-state index contributed by atoms with van der Waals surface area (Å²) >= 11 is 0. The van der Waals surface area contributed by atoms with Gasteiger partial charge in [-0.3, -0.25) is 0 Å². The minimum atomic E-state index is 0.0596. The Hall–Kier alpha value is -4.44. The van der Waals surface area contributed by atoms with E-state index in [9.17, 15) is 0 Å². The smallest absolute Gasteiger partial charge is 0.333 e. The predicted molar refractivity (Wildman–Crippen MR) is 231 cm³/mol. The van der Waals surface area contributed by atoms with E-state index in [1.54, 1.807) is 11.1 Å². The summed E-state index contributed by atoms with van der Waals surface area (Å²) < 4.78 is 9.49. The van der Waals surface area contributed by atoms with Gasteiger partial charge in [0.05, 0.1) is 22.4 Å². The molecule has 3 nitrogen and oxygen atoms in total. The van der Waals surface area contributed by atoms with Gasteiger partial charge in [0.25, 0.3) is 0 Å². The summed E-state index contributed by atoms with van der Waals surface area (Å²) in [7, 11) is 0. The fraction of sp³-hybridized carbons (Fsp3) is 0.423. The molecule has 0 N–H and O–H groups in total. The van der Waals surface area contributed by atoms with Crippen molar-refractivity contribution in [3.8, 4) is 28.3 Å². The van der Waals surface area contributed by atoms with Crippen molar-refractivity contribution < 1.29 is 4.74 Å². The van der Waals surface area contributed by atoms with E-state index >= 15 is 0 Å². The number of rotatable bonds is 2. The lowest BCUT2D eigenvalue weighted by Crippen LogP contribution is -2.61. The van der Waals surface area contributed by atoms with E-state index in [1.165, 1.54) is 137 Å². The van der Waals surface area contributed by atoms with Gasteiger partial charge >= 0.3 is 6.85 Å². The minimum absolute atomic E-state index is 0.0596. The first-order chi connectivity index (χ1) is 27.3. The van der Waals surface area contributed by atoms with Crippen LogP contribution < -0.4 is 20.5 Å². The molecule has 4 heterocycles. The summed E-state index contributed by atoms with van der Waals surface area (Å²) in [5, 5.41) is 2.99. The molecule has 7 saturated carbocycles. The maximum atomic E-state index is 6.76. The van der Waals surface area contributed by atoms with Crippen LogP contribution in [0, 0.1) is 42.4 Å². The normalized spacial score (nSPS) is 32.3. The predicted octanol–water partition coefficient (Wildman–Crippen LogP) is 12.0. The fourth-order valence-electron chi connectivity index (χ4n) is 15.8. The zero-order chi connectivity index (χ0) is 36.8. The highest BCUT2D eigenvalue weighted by molar-refractivity contribution is 6.93. The Balaban J connectivity index is 1.10. The van der Waals surface area contributed by atoms with Crippen molar-refractivity contribution in [2.45, 2.75) is 102 Å². The lowest BCUT2D eigenvalue weighted by atomic mass is 9.42. The van der Waals surface area contributed by atoms with Crippen molar-refractivity contribution in [2.24, 2.45) is 35.5 Å². The number of anilines is 2. The van der Waals surface area contributed by atoms with Crippen LogP contribution in [0.2, 0.25) is 0 Å². The first-order valence-corrected chi connectivity index (χ1v) is 22.3. The Morgan fingerprint density at radius 1 is 0.679 bits per heavy atom. The second kappa shape index (κ2) is 10.5. The van der Waals surface area contributed by atoms with Crippen LogP contribution in [0.25, 0.3) is 38.6 Å². The summed E-state index contributed by atoms with van der Waals surface area (Å²) in [6.07, 6.45) is 15.4. The van der Waals surface area contributed by atoms with Gasteiger partial charge in [-0.2, -0.15) is 0 Å². The molecule has 6 aromatic rings. The molecule has 0 radical (unpaired) electrons. The van der Waals surface area contributed by atoms with E-state index in [1.807, 2.05) is 0 Å². The second-order valence-electron chi connectivity index (χ2n) is 20.8. The quantitative estimate of drug-likeness (QED) is 0.165. The molecule has 7 aliphatic carbocycles. The molecule has 3 aliphatic heterocycles. The zero-order valence-corrected chi connectivity index (χ0v) is 33.2. The molecule has 4 atom stereocenters. The van der Waals surface area contributed by atoms with Crippen LogP contribution in [0.1, 0.15) is 101 Å². The number of hydrogen-bond acceptors (Lipinski definition) is 2. The van der Waals surface area contributed by atoms with Gasteiger partial charge in [0, 0.05) is 22.0 Å². The third-order valence-corrected chi connectivity index (χ3v) is 17.4. The van der Waals surface area contributed by atoms with Crippen LogP contribution in [-0.2, 0) is 10.8 Å². The van der Waals surface area contributed by atoms with E-state index in [2.05, 4.69) is 115 Å². The summed E-state index contributed by atoms with van der Waals surface area (Å²) in [5.41, 5.74) is 17.4. The first kappa shape index (κ1) is 31.6. The van der Waals surface area contributed by atoms with E-state index in [0.717, 1.165) is 47.0 Å². The van der Waals surface area contributed by atoms with E-state index in [0.29, 0.717) is 5.41 Å². The first-order valence-electron chi connectivity index (χ1n) is 22.3. The largest absolute Gasteiger partial charge is 0.453 e. The molecule has 16 rings (SSSR count). The molecule has 3 unspecified atom stereocenters. The Morgan fingerprint density at radius 2 is 1.46 bits per heavy atom. The van der Waals surface area contributed by atoms with Crippen LogP contribution in [0.3, 0.4) is 0 Å². The standard InChI is InChI=1S/C52H51BN2O/c1-29-16-40-38-7-6-10-47-50(38)55(44-8-4-5-9-46(44)56-47)53-42-23-37(52-26-32-18-33(27-52)20-34(19-32)28-52)22-41-39-21-36(51-14-13-35(31(3)25-51)15-30(2)24-51)11-12-43(39)54(49(41)42)45(17-29)48(40)53/h4-12,16-17,21-23,30-35H,13-15,18-20,24-28H2,1-3H3/t30?,31-,32?,33?,34?,35?,51?,52?/m1/s1. The highest BCUT2D eigenvalue weighted by Gasteiger charge is 2.53. The fourth-order valence-corrected chi connectivity index (χ4v) is 15.8. The molecule has 0 spiro atoms. The van der Waals surface area contributed by atoms with Gasteiger partial charge in [0.1, 0.15) is 5.75 Å². The topological polar surface area (TPSA) is 17.4 Å². The molecular weight excluding hydrogens is 679 g/mol. The molecule has 1 aromatic heterocycles. The molecule has 5 aromatic carbocycles. The Labute approximate surface area is 331 Å². The SMILES string of the molecule is Cc1cc2c3c(c1)-n1c4ccc(C56CCC(CC(C)C5)[C@H](C)C6)cc4c4cc(C56CC7CC(CC(C7)C5)C6)cc(c41)B3N1c3ccccc3Oc3cccc-2c31. The van der Waals surface area contributed by atoms with Crippen LogP contribution in [0.5, 0.6) is 11.5 Å². The van der Waals surface area contributed by atoms with Gasteiger partial charge in [-0.15, -0.1) is 0 Å². The number of hydrogen-bond donors (Lipinski definition) is 0. The van der Waals surface area contributed by atoms with Gasteiger partial charge in [0.15, 0.2) is 5.75 Å². The third kappa shape index (κ3) is 3.93. The maximum absolute atomic E-state index is 6.76. The Kier molecular flexibility index (Phi) is 5.95. The molecule has 278 valence electrons. The van der Waals surface area contributed by atoms with E-state index < -0.39 is 0 Å². The Morgan fingerprint density at radius 3 is 2.29 bits per heavy atom. The molecule has 6 bridgehead atoms. The number of fused-ring (bicyclic) bond motifs is 13. The van der Waals surface area contributed by atoms with Gasteiger partial charge in [-0.25, -0.2) is 0 Å². The molecule has 4 heteroatoms. The lowest BCUT2D eigenvalue weighted by molar-refractivity contribution is -0.00509. The van der Waals surface area contributed by atoms with Gasteiger partial charge in [-0.1, -0.05) is 56.3 Å². The van der Waals surface area contributed by atoms with Crippen molar-refractivity contribution in [1.82, 2.24) is 4.57 Å². The van der Waals surface area contributed by atoms with Crippen LogP contribution in [0.4, 0.5) is 11.4 Å². The lowest BCUT2D eigenvalue weighted by Gasteiger charge is -2.57. The Bertz CT molecular complexity index is 2700. The monoisotopic (exact) mass is 730 g/mol. The van der Waals surface area contributed by atoms with Gasteiger partial charge < -0.3 is 14.1 Å². The van der Waals surface area contributed by atoms with Crippen LogP contribution in [0.15, 0.2) is 84.9 Å². The number of ether oxygens (including phenoxy) is 1. The van der Waals surface area contributed by atoms with Gasteiger partial charge in [-0.05, 0) is 200 Å². The van der Waals surface area contributed by atoms with Gasteiger partial charge in [0.2, 0.25) is 0 Å². The summed E-state index contributed by atoms with van der Waals surface area (Å²) in [6, 6.07) is 33.9. The van der Waals surface area contributed by atoms with Crippen molar-refractivity contribution in [2.75, 3.05) is 4.81 Å². The third-order valence-electron chi connectivity index (χ3n) is 17.4. The molecule has 0 saturated heterocycles. The number of benzene rings is 5. The van der Waals surface area contributed by atoms with Crippen molar-refractivity contribution >= 4 is 51.0 Å². The number of aromatic nitrogens is 1. The minimum Gasteiger partial charge on any atom is -0.453 e. The van der Waals surface area contributed by atoms with Crippen molar-refractivity contribution in [3.05, 3.63) is 102 Å². The summed E-state index contributed by atoms with van der Waals surface area (Å²) in [5.74, 6) is 7.14.